The number of hydrogen-bond donors (Lipinski definition) is 0. The molecule has 0 N–H and O–H groups in total. The Morgan fingerprint density at radius 1 is 0.471 bits per heavy atom. The van der Waals surface area contributed by atoms with Gasteiger partial charge < -0.3 is 23.5 Å². The minimum atomic E-state index is -0.188. The summed E-state index contributed by atoms with van der Waals surface area (Å²) >= 11 is 0. The van der Waals surface area contributed by atoms with E-state index in [1.165, 1.54) is 27.4 Å². The Kier molecular flexibility index (Phi) is 8.76. The third-order valence-corrected chi connectivity index (χ3v) is 14.3. The molecule has 5 nitrogen and oxygen atoms in total. The van der Waals surface area contributed by atoms with Crippen molar-refractivity contribution in [2.45, 2.75) is 52.4 Å². The van der Waals surface area contributed by atoms with Crippen molar-refractivity contribution in [3.63, 3.8) is 0 Å². The summed E-state index contributed by atoms with van der Waals surface area (Å²) in [5.41, 5.74) is 17.3. The molecule has 0 atom stereocenters. The quantitative estimate of drug-likeness (QED) is 0.161. The molecule has 2 aromatic heterocycles. The van der Waals surface area contributed by atoms with Gasteiger partial charge in [-0.25, -0.2) is 0 Å². The van der Waals surface area contributed by atoms with Gasteiger partial charge in [0.1, 0.15) is 17.1 Å². The minimum Gasteiger partial charge on any atom is -0.458 e. The Balaban J connectivity index is 1.20. The van der Waals surface area contributed by atoms with Crippen molar-refractivity contribution in [3.05, 3.63) is 205 Å². The SMILES string of the molecule is CC(C)(C)c1ccc(N2c3cc(N(c4ccccc4)c4ccccc4)cc4c3B(c3cc(C(C)(C)C)ccc3O4)c3cc(-n4c5ccccc5c5ccccc54)c4oc5ccccc5c4c32)cc1. The largest absolute Gasteiger partial charge is 0.458 e. The van der Waals surface area contributed by atoms with Crippen molar-refractivity contribution in [3.8, 4) is 17.2 Å². The second-order valence-electron chi connectivity index (χ2n) is 20.6. The van der Waals surface area contributed by atoms with Gasteiger partial charge in [-0.2, -0.15) is 0 Å². The van der Waals surface area contributed by atoms with Gasteiger partial charge in [0, 0.05) is 45.0 Å². The number of furan rings is 1. The molecule has 2 aliphatic rings. The molecule has 0 saturated heterocycles. The molecule has 0 fully saturated rings. The van der Waals surface area contributed by atoms with Crippen LogP contribution in [-0.4, -0.2) is 11.3 Å². The smallest absolute Gasteiger partial charge is 0.256 e. The first-order valence-corrected chi connectivity index (χ1v) is 23.8. The molecule has 0 bridgehead atoms. The topological polar surface area (TPSA) is 33.8 Å². The normalized spacial score (nSPS) is 13.2. The van der Waals surface area contributed by atoms with E-state index < -0.39 is 0 Å². The van der Waals surface area contributed by atoms with Crippen LogP contribution in [-0.2, 0) is 10.8 Å². The van der Waals surface area contributed by atoms with Crippen molar-refractivity contribution < 1.29 is 9.15 Å². The van der Waals surface area contributed by atoms with Crippen LogP contribution in [0.4, 0.5) is 34.1 Å². The molecule has 328 valence electrons. The van der Waals surface area contributed by atoms with Crippen LogP contribution in [0.1, 0.15) is 52.7 Å². The van der Waals surface area contributed by atoms with Gasteiger partial charge in [0.25, 0.3) is 6.71 Å². The summed E-state index contributed by atoms with van der Waals surface area (Å²) in [7, 11) is 0. The molecular formula is C62H50BN3O2. The number of nitrogens with zero attached hydrogens (tertiary/aromatic N) is 3. The number of anilines is 6. The summed E-state index contributed by atoms with van der Waals surface area (Å²) in [5.74, 6) is 1.71. The predicted octanol–water partition coefficient (Wildman–Crippen LogP) is 15.2. The molecule has 0 amide bonds. The zero-order chi connectivity index (χ0) is 46.1. The highest BCUT2D eigenvalue weighted by atomic mass is 16.5. The Hall–Kier alpha value is -7.96. The zero-order valence-corrected chi connectivity index (χ0v) is 39.2. The van der Waals surface area contributed by atoms with E-state index >= 15 is 0 Å². The van der Waals surface area contributed by atoms with E-state index in [1.807, 2.05) is 0 Å². The second kappa shape index (κ2) is 14.8. The maximum absolute atomic E-state index is 7.30. The molecule has 0 saturated carbocycles. The van der Waals surface area contributed by atoms with Gasteiger partial charge in [0.15, 0.2) is 5.58 Å². The molecule has 0 radical (unpaired) electrons. The average Bonchev–Trinajstić information content (AvgIpc) is 3.90. The predicted molar refractivity (Wildman–Crippen MR) is 286 cm³/mol. The highest BCUT2D eigenvalue weighted by Crippen LogP contribution is 2.51. The lowest BCUT2D eigenvalue weighted by Crippen LogP contribution is -2.60. The fourth-order valence-electron chi connectivity index (χ4n) is 11.0. The van der Waals surface area contributed by atoms with Crippen molar-refractivity contribution in [2.24, 2.45) is 0 Å². The van der Waals surface area contributed by atoms with Gasteiger partial charge in [0.2, 0.25) is 0 Å². The average molecular weight is 880 g/mol. The molecule has 0 unspecified atom stereocenters. The second-order valence-corrected chi connectivity index (χ2v) is 20.6. The number of hydrogen-bond acceptors (Lipinski definition) is 4. The maximum Gasteiger partial charge on any atom is 0.256 e. The van der Waals surface area contributed by atoms with Gasteiger partial charge in [-0.15, -0.1) is 0 Å². The van der Waals surface area contributed by atoms with Gasteiger partial charge >= 0.3 is 0 Å². The Morgan fingerprint density at radius 3 is 1.68 bits per heavy atom. The van der Waals surface area contributed by atoms with E-state index in [0.717, 1.165) is 95.2 Å². The first-order chi connectivity index (χ1) is 33.0. The fraction of sp³-hybridized carbons (Fsp3) is 0.129. The minimum absolute atomic E-state index is 0.0259. The number of rotatable bonds is 5. The molecule has 0 spiro atoms. The van der Waals surface area contributed by atoms with Crippen LogP contribution >= 0.6 is 0 Å². The first kappa shape index (κ1) is 40.3. The lowest BCUT2D eigenvalue weighted by molar-refractivity contribution is 0.486. The molecule has 0 aliphatic carbocycles. The van der Waals surface area contributed by atoms with Crippen LogP contribution in [0.15, 0.2) is 199 Å². The Morgan fingerprint density at radius 2 is 1.04 bits per heavy atom. The Labute approximate surface area is 397 Å². The van der Waals surface area contributed by atoms with E-state index in [9.17, 15) is 0 Å². The van der Waals surface area contributed by atoms with E-state index in [0.29, 0.717) is 0 Å². The molecule has 11 aromatic rings. The van der Waals surface area contributed by atoms with Crippen molar-refractivity contribution in [1.29, 1.82) is 0 Å². The summed E-state index contributed by atoms with van der Waals surface area (Å²) in [4.78, 5) is 4.86. The van der Waals surface area contributed by atoms with Gasteiger partial charge in [-0.05, 0) is 111 Å². The zero-order valence-electron chi connectivity index (χ0n) is 39.2. The standard InChI is InChI=1S/C62H50BN3O2/c1-61(2,3)39-29-32-43(33-30-39)65-52-36-44(64(41-19-9-7-10-20-41)42-21-11-8-12-22-42)37-56-58(52)63(48-35-40(62(4,5)6)31-34-55(48)67-56)49-38-53(60-57(59(49)65)47-25-15-18-28-54(47)68-60)66-50-26-16-13-23-45(50)46-24-14-17-27-51(46)66/h7-38H,1-6H3. The third-order valence-electron chi connectivity index (χ3n) is 14.3. The van der Waals surface area contributed by atoms with Crippen LogP contribution in [0.25, 0.3) is 49.4 Å². The number of ether oxygens (including phenoxy) is 1. The summed E-state index contributed by atoms with van der Waals surface area (Å²) < 4.78 is 17.0. The van der Waals surface area contributed by atoms with Crippen LogP contribution in [0.5, 0.6) is 11.5 Å². The molecule has 2 aliphatic heterocycles. The molecule has 4 heterocycles. The number of aromatic nitrogens is 1. The fourth-order valence-corrected chi connectivity index (χ4v) is 11.0. The number of para-hydroxylation sites is 5. The summed E-state index contributed by atoms with van der Waals surface area (Å²) in [6.45, 7) is 13.5. The third kappa shape index (κ3) is 6.09. The highest BCUT2D eigenvalue weighted by molar-refractivity contribution is 6.99. The van der Waals surface area contributed by atoms with Crippen LogP contribution in [0, 0.1) is 0 Å². The van der Waals surface area contributed by atoms with E-state index in [4.69, 9.17) is 9.15 Å². The van der Waals surface area contributed by atoms with E-state index in [1.54, 1.807) is 0 Å². The maximum atomic E-state index is 7.30. The Bertz CT molecular complexity index is 3710. The van der Waals surface area contributed by atoms with Crippen LogP contribution in [0.2, 0.25) is 0 Å². The number of benzene rings is 9. The van der Waals surface area contributed by atoms with Gasteiger partial charge in [-0.3, -0.25) is 0 Å². The summed E-state index contributed by atoms with van der Waals surface area (Å²) in [6, 6.07) is 70.6. The monoisotopic (exact) mass is 879 g/mol. The highest BCUT2D eigenvalue weighted by Gasteiger charge is 2.45. The van der Waals surface area contributed by atoms with Crippen molar-refractivity contribution in [2.75, 3.05) is 9.80 Å². The molecule has 68 heavy (non-hydrogen) atoms. The molecule has 9 aromatic carbocycles. The van der Waals surface area contributed by atoms with E-state index in [-0.39, 0.29) is 17.5 Å². The lowest BCUT2D eigenvalue weighted by Gasteiger charge is -2.42. The molecular weight excluding hydrogens is 830 g/mol. The van der Waals surface area contributed by atoms with Crippen molar-refractivity contribution in [1.82, 2.24) is 4.57 Å². The molecule has 13 rings (SSSR count). The number of fused-ring (bicyclic) bond motifs is 11. The van der Waals surface area contributed by atoms with Gasteiger partial charge in [-0.1, -0.05) is 157 Å². The van der Waals surface area contributed by atoms with E-state index in [2.05, 4.69) is 250 Å². The van der Waals surface area contributed by atoms with Crippen LogP contribution < -0.4 is 30.9 Å². The summed E-state index contributed by atoms with van der Waals surface area (Å²) in [6.07, 6.45) is 0. The lowest BCUT2D eigenvalue weighted by atomic mass is 9.33. The first-order valence-electron chi connectivity index (χ1n) is 23.8. The summed E-state index contributed by atoms with van der Waals surface area (Å²) in [5, 5.41) is 4.57. The van der Waals surface area contributed by atoms with Crippen LogP contribution in [0.3, 0.4) is 0 Å². The van der Waals surface area contributed by atoms with Crippen molar-refractivity contribution >= 4 is 101 Å². The van der Waals surface area contributed by atoms with Gasteiger partial charge in [0.05, 0.1) is 33.5 Å². The molecule has 6 heteroatoms.